The quantitative estimate of drug-likeness (QED) is 0.461. The molecule has 102 valence electrons. The van der Waals surface area contributed by atoms with Gasteiger partial charge in [0.2, 0.25) is 0 Å². The Balaban J connectivity index is 1.78. The van der Waals surface area contributed by atoms with Gasteiger partial charge < -0.3 is 0 Å². The van der Waals surface area contributed by atoms with Crippen molar-refractivity contribution >= 4 is 26.8 Å². The number of nitrogens with zero attached hydrogens (tertiary/aromatic N) is 1. The van der Waals surface area contributed by atoms with Crippen molar-refractivity contribution in [1.82, 2.24) is 4.98 Å². The summed E-state index contributed by atoms with van der Waals surface area (Å²) in [5.74, 6) is 0. The number of rotatable bonds is 8. The predicted molar refractivity (Wildman–Crippen MR) is 86.9 cm³/mol. The number of aryl methyl sites for hydroxylation is 1. The van der Waals surface area contributed by atoms with Crippen molar-refractivity contribution in [3.63, 3.8) is 0 Å². The fourth-order valence-electron chi connectivity index (χ4n) is 2.49. The lowest BCUT2D eigenvalue weighted by atomic mass is 10.0. The second-order valence-electron chi connectivity index (χ2n) is 5.05. The Hall–Kier alpha value is -0.890. The Morgan fingerprint density at radius 1 is 0.842 bits per heavy atom. The number of unbranched alkanes of at least 4 members (excludes halogenated alkanes) is 5. The number of benzene rings is 1. The maximum Gasteiger partial charge on any atom is 0.0733 e. The van der Waals surface area contributed by atoms with Gasteiger partial charge in [-0.25, -0.2) is 0 Å². The molecular weight excluding hydrogens is 298 g/mol. The molecule has 0 unspecified atom stereocenters. The Kier molecular flexibility index (Phi) is 6.35. The molecule has 0 aliphatic heterocycles. The van der Waals surface area contributed by atoms with Gasteiger partial charge in [0.25, 0.3) is 0 Å². The Morgan fingerprint density at radius 2 is 1.58 bits per heavy atom. The first kappa shape index (κ1) is 14.5. The second kappa shape index (κ2) is 8.31. The molecule has 0 bridgehead atoms. The van der Waals surface area contributed by atoms with Crippen LogP contribution in [0.2, 0.25) is 0 Å². The molecule has 0 radical (unpaired) electrons. The van der Waals surface area contributed by atoms with E-state index in [2.05, 4.69) is 45.2 Å². The molecule has 0 aliphatic carbocycles. The second-order valence-corrected chi connectivity index (χ2v) is 5.85. The Labute approximate surface area is 124 Å². The minimum atomic E-state index is 1.15. The molecule has 0 amide bonds. The van der Waals surface area contributed by atoms with Crippen LogP contribution in [-0.2, 0) is 6.42 Å². The summed E-state index contributed by atoms with van der Waals surface area (Å²) < 4.78 is 0. The monoisotopic (exact) mass is 319 g/mol. The van der Waals surface area contributed by atoms with Crippen LogP contribution in [0.3, 0.4) is 0 Å². The number of hydrogen-bond acceptors (Lipinski definition) is 1. The van der Waals surface area contributed by atoms with E-state index in [-0.39, 0.29) is 0 Å². The van der Waals surface area contributed by atoms with Crippen LogP contribution in [0.15, 0.2) is 36.5 Å². The summed E-state index contributed by atoms with van der Waals surface area (Å²) in [6.45, 7) is 0. The van der Waals surface area contributed by atoms with Crippen molar-refractivity contribution in [2.24, 2.45) is 0 Å². The fraction of sp³-hybridized carbons (Fsp3) is 0.471. The number of alkyl halides is 1. The van der Waals surface area contributed by atoms with Crippen LogP contribution in [0.1, 0.15) is 44.1 Å². The van der Waals surface area contributed by atoms with Gasteiger partial charge in [0.1, 0.15) is 0 Å². The average Bonchev–Trinajstić information content (AvgIpc) is 2.46. The molecule has 0 fully saturated rings. The van der Waals surface area contributed by atoms with Gasteiger partial charge in [-0.1, -0.05) is 65.9 Å². The van der Waals surface area contributed by atoms with Gasteiger partial charge in [-0.2, -0.15) is 0 Å². The van der Waals surface area contributed by atoms with Crippen LogP contribution in [-0.4, -0.2) is 10.3 Å². The first-order valence-electron chi connectivity index (χ1n) is 7.30. The summed E-state index contributed by atoms with van der Waals surface area (Å²) in [4.78, 5) is 4.52. The molecule has 2 heteroatoms. The van der Waals surface area contributed by atoms with Gasteiger partial charge in [0.05, 0.1) is 5.52 Å². The molecule has 1 aromatic carbocycles. The van der Waals surface area contributed by atoms with Crippen molar-refractivity contribution in [2.75, 3.05) is 5.33 Å². The molecule has 0 N–H and O–H groups in total. The van der Waals surface area contributed by atoms with Crippen molar-refractivity contribution in [2.45, 2.75) is 44.9 Å². The molecule has 2 aromatic rings. The topological polar surface area (TPSA) is 12.9 Å². The molecule has 2 rings (SSSR count). The normalized spacial score (nSPS) is 11.0. The van der Waals surface area contributed by atoms with E-state index in [1.54, 1.807) is 0 Å². The van der Waals surface area contributed by atoms with Gasteiger partial charge in [0, 0.05) is 16.9 Å². The molecule has 0 saturated heterocycles. The van der Waals surface area contributed by atoms with Crippen LogP contribution >= 0.6 is 15.9 Å². The smallest absolute Gasteiger partial charge is 0.0733 e. The zero-order valence-electron chi connectivity index (χ0n) is 11.4. The fourth-order valence-corrected chi connectivity index (χ4v) is 2.88. The molecule has 1 nitrogen and oxygen atoms in total. The summed E-state index contributed by atoms with van der Waals surface area (Å²) >= 11 is 3.48. The first-order chi connectivity index (χ1) is 9.42. The number of pyridine rings is 1. The summed E-state index contributed by atoms with van der Waals surface area (Å²) in [6, 6.07) is 10.7. The van der Waals surface area contributed by atoms with Crippen LogP contribution in [0, 0.1) is 0 Å². The minimum absolute atomic E-state index is 1.15. The van der Waals surface area contributed by atoms with E-state index < -0.39 is 0 Å². The lowest BCUT2D eigenvalue weighted by molar-refractivity contribution is 0.610. The third kappa shape index (κ3) is 4.61. The van der Waals surface area contributed by atoms with Crippen LogP contribution in [0.25, 0.3) is 10.9 Å². The molecule has 1 heterocycles. The highest BCUT2D eigenvalue weighted by Crippen LogP contribution is 2.18. The molecule has 0 spiro atoms. The Bertz CT molecular complexity index is 490. The highest BCUT2D eigenvalue weighted by atomic mass is 79.9. The lowest BCUT2D eigenvalue weighted by Gasteiger charge is -2.05. The Morgan fingerprint density at radius 3 is 2.42 bits per heavy atom. The number of para-hydroxylation sites is 1. The SMILES string of the molecule is BrCCCCCCCCc1cccc2cccnc12. The molecule has 0 atom stereocenters. The standard InChI is InChI=1S/C17H22BrN/c18-13-6-4-2-1-3-5-9-15-10-7-11-16-12-8-14-19-17(15)16/h7-8,10-12,14H,1-6,9,13H2. The zero-order chi connectivity index (χ0) is 13.3. The summed E-state index contributed by atoms with van der Waals surface area (Å²) in [6.07, 6.45) is 11.1. The third-order valence-corrected chi connectivity index (χ3v) is 4.11. The third-order valence-electron chi connectivity index (χ3n) is 3.55. The van der Waals surface area contributed by atoms with E-state index in [0.29, 0.717) is 0 Å². The van der Waals surface area contributed by atoms with E-state index >= 15 is 0 Å². The minimum Gasteiger partial charge on any atom is -0.256 e. The largest absolute Gasteiger partial charge is 0.256 e. The molecule has 0 saturated carbocycles. The predicted octanol–water partition coefficient (Wildman–Crippen LogP) is 5.51. The van der Waals surface area contributed by atoms with Gasteiger partial charge in [0.15, 0.2) is 0 Å². The molecule has 0 aliphatic rings. The zero-order valence-corrected chi connectivity index (χ0v) is 13.0. The van der Waals surface area contributed by atoms with Crippen LogP contribution in [0.4, 0.5) is 0 Å². The van der Waals surface area contributed by atoms with Crippen LogP contribution in [0.5, 0.6) is 0 Å². The van der Waals surface area contributed by atoms with Gasteiger partial charge >= 0.3 is 0 Å². The van der Waals surface area contributed by atoms with Crippen molar-refractivity contribution in [3.8, 4) is 0 Å². The number of aromatic nitrogens is 1. The summed E-state index contributed by atoms with van der Waals surface area (Å²) in [7, 11) is 0. The molecule has 19 heavy (non-hydrogen) atoms. The average molecular weight is 320 g/mol. The molecular formula is C17H22BrN. The maximum atomic E-state index is 4.52. The lowest BCUT2D eigenvalue weighted by Crippen LogP contribution is -1.90. The van der Waals surface area contributed by atoms with Gasteiger partial charge in [-0.3, -0.25) is 4.98 Å². The van der Waals surface area contributed by atoms with Crippen molar-refractivity contribution in [1.29, 1.82) is 0 Å². The van der Waals surface area contributed by atoms with E-state index in [9.17, 15) is 0 Å². The van der Waals surface area contributed by atoms with E-state index in [1.807, 2.05) is 12.3 Å². The van der Waals surface area contributed by atoms with E-state index in [0.717, 1.165) is 11.8 Å². The highest BCUT2D eigenvalue weighted by molar-refractivity contribution is 9.09. The van der Waals surface area contributed by atoms with Gasteiger partial charge in [-0.15, -0.1) is 0 Å². The number of halogens is 1. The molecule has 1 aromatic heterocycles. The van der Waals surface area contributed by atoms with Crippen molar-refractivity contribution in [3.05, 3.63) is 42.1 Å². The van der Waals surface area contributed by atoms with Crippen LogP contribution < -0.4 is 0 Å². The summed E-state index contributed by atoms with van der Waals surface area (Å²) in [5, 5.41) is 2.41. The van der Waals surface area contributed by atoms with Crippen molar-refractivity contribution < 1.29 is 0 Å². The maximum absolute atomic E-state index is 4.52. The van der Waals surface area contributed by atoms with E-state index in [1.165, 1.54) is 55.0 Å². The first-order valence-corrected chi connectivity index (χ1v) is 8.42. The number of hydrogen-bond donors (Lipinski definition) is 0. The highest BCUT2D eigenvalue weighted by Gasteiger charge is 2.01. The number of fused-ring (bicyclic) bond motifs is 1. The van der Waals surface area contributed by atoms with Gasteiger partial charge in [-0.05, 0) is 30.9 Å². The van der Waals surface area contributed by atoms with E-state index in [4.69, 9.17) is 0 Å². The summed E-state index contributed by atoms with van der Waals surface area (Å²) in [5.41, 5.74) is 2.59.